The average Bonchev–Trinajstić information content (AvgIpc) is 3.16. The van der Waals surface area contributed by atoms with Crippen LogP contribution in [0.5, 0.6) is 0 Å². The van der Waals surface area contributed by atoms with Gasteiger partial charge in [-0.2, -0.15) is 0 Å². The van der Waals surface area contributed by atoms with Gasteiger partial charge in [-0.1, -0.05) is 18.2 Å². The number of hydrogen-bond donors (Lipinski definition) is 2. The molecule has 0 aliphatic carbocycles. The molecule has 0 unspecified atom stereocenters. The van der Waals surface area contributed by atoms with E-state index in [2.05, 4.69) is 9.97 Å². The van der Waals surface area contributed by atoms with E-state index >= 15 is 0 Å². The summed E-state index contributed by atoms with van der Waals surface area (Å²) < 4.78 is 10.5. The van der Waals surface area contributed by atoms with Gasteiger partial charge in [-0.05, 0) is 46.2 Å². The lowest BCUT2D eigenvalue weighted by atomic mass is 10.0. The van der Waals surface area contributed by atoms with Crippen molar-refractivity contribution >= 4 is 28.6 Å². The lowest BCUT2D eigenvalue weighted by Gasteiger charge is -2.13. The van der Waals surface area contributed by atoms with Crippen molar-refractivity contribution in [2.75, 3.05) is 6.61 Å². The van der Waals surface area contributed by atoms with Crippen molar-refractivity contribution in [3.8, 4) is 0 Å². The molecule has 0 bridgehead atoms. The van der Waals surface area contributed by atoms with Crippen LogP contribution >= 0.6 is 0 Å². The number of aryl methyl sites for hydroxylation is 2. The molecule has 0 amide bonds. The zero-order valence-corrected chi connectivity index (χ0v) is 17.1. The lowest BCUT2D eigenvalue weighted by Crippen LogP contribution is -2.25. The van der Waals surface area contributed by atoms with Crippen molar-refractivity contribution in [3.63, 3.8) is 0 Å². The molecule has 7 heteroatoms. The highest BCUT2D eigenvalue weighted by Gasteiger charge is 2.28. The summed E-state index contributed by atoms with van der Waals surface area (Å²) in [4.78, 5) is 43.8. The number of hydrogen-bond acceptors (Lipinski definition) is 5. The molecule has 0 spiro atoms. The molecule has 0 aliphatic heterocycles. The number of benzene rings is 1. The molecule has 1 atom stereocenters. The third-order valence-electron chi connectivity index (χ3n) is 4.91. The molecule has 29 heavy (non-hydrogen) atoms. The number of carbonyl (C=O) groups is 3. The maximum absolute atomic E-state index is 13.0. The number of ketones is 1. The molecule has 2 N–H and O–H groups in total. The number of aromatic amines is 2. The van der Waals surface area contributed by atoms with Gasteiger partial charge in [0.25, 0.3) is 0 Å². The molecule has 3 rings (SSSR count). The summed E-state index contributed by atoms with van der Waals surface area (Å²) in [7, 11) is 0. The van der Waals surface area contributed by atoms with Gasteiger partial charge in [0.1, 0.15) is 5.69 Å². The van der Waals surface area contributed by atoms with Crippen molar-refractivity contribution in [1.29, 1.82) is 0 Å². The predicted molar refractivity (Wildman–Crippen MR) is 108 cm³/mol. The SMILES string of the molecule is CCOC(=O)c1[nH]c(C)c(C(=O)O[C@@H](C)C(=O)c2c(C)[nH]c3ccccc23)c1C. The smallest absolute Gasteiger partial charge is 0.355 e. The molecular weight excluding hydrogens is 372 g/mol. The summed E-state index contributed by atoms with van der Waals surface area (Å²) in [6.45, 7) is 8.61. The van der Waals surface area contributed by atoms with Crippen LogP contribution < -0.4 is 0 Å². The van der Waals surface area contributed by atoms with Crippen molar-refractivity contribution in [1.82, 2.24) is 9.97 Å². The van der Waals surface area contributed by atoms with E-state index in [9.17, 15) is 14.4 Å². The first-order valence-electron chi connectivity index (χ1n) is 9.45. The monoisotopic (exact) mass is 396 g/mol. The minimum absolute atomic E-state index is 0.211. The Balaban J connectivity index is 1.85. The fourth-order valence-corrected chi connectivity index (χ4v) is 3.53. The predicted octanol–water partition coefficient (Wildman–Crippen LogP) is 4.03. The number of Topliss-reactive ketones (excluding diaryl/α,β-unsaturated/α-hetero) is 1. The Morgan fingerprint density at radius 3 is 2.31 bits per heavy atom. The second-order valence-corrected chi connectivity index (χ2v) is 6.93. The fourth-order valence-electron chi connectivity index (χ4n) is 3.53. The van der Waals surface area contributed by atoms with Gasteiger partial charge in [-0.3, -0.25) is 4.79 Å². The van der Waals surface area contributed by atoms with E-state index in [1.54, 1.807) is 27.7 Å². The van der Waals surface area contributed by atoms with E-state index in [0.717, 1.165) is 16.6 Å². The highest BCUT2D eigenvalue weighted by molar-refractivity contribution is 6.12. The van der Waals surface area contributed by atoms with Gasteiger partial charge in [-0.15, -0.1) is 0 Å². The second-order valence-electron chi connectivity index (χ2n) is 6.93. The standard InChI is InChI=1S/C22H24N2O5/c1-6-28-22(27)19-11(2)17(12(3)24-19)21(26)29-14(5)20(25)18-13(4)23-16-10-8-7-9-15(16)18/h7-10,14,23-24H,6H2,1-5H3/t14-/m0/s1. The quantitative estimate of drug-likeness (QED) is 0.484. The highest BCUT2D eigenvalue weighted by Crippen LogP contribution is 2.25. The summed E-state index contributed by atoms with van der Waals surface area (Å²) in [5.41, 5.74) is 3.45. The Morgan fingerprint density at radius 2 is 1.62 bits per heavy atom. The molecule has 2 aromatic heterocycles. The zero-order chi connectivity index (χ0) is 21.3. The van der Waals surface area contributed by atoms with E-state index in [-0.39, 0.29) is 23.6 Å². The number of H-pyrrole nitrogens is 2. The molecule has 3 aromatic rings. The van der Waals surface area contributed by atoms with Gasteiger partial charge in [0, 0.05) is 27.9 Å². The Bertz CT molecular complexity index is 1110. The largest absolute Gasteiger partial charge is 0.461 e. The minimum Gasteiger partial charge on any atom is -0.461 e. The average molecular weight is 396 g/mol. The molecule has 0 saturated carbocycles. The van der Waals surface area contributed by atoms with Crippen LogP contribution in [0.1, 0.15) is 62.0 Å². The van der Waals surface area contributed by atoms with Crippen LogP contribution in [0.25, 0.3) is 10.9 Å². The summed E-state index contributed by atoms with van der Waals surface area (Å²) in [6.07, 6.45) is -0.986. The van der Waals surface area contributed by atoms with Gasteiger partial charge in [0.15, 0.2) is 6.10 Å². The lowest BCUT2D eigenvalue weighted by molar-refractivity contribution is 0.0318. The molecule has 0 aliphatic rings. The van der Waals surface area contributed by atoms with Crippen molar-refractivity contribution in [2.24, 2.45) is 0 Å². The van der Waals surface area contributed by atoms with E-state index in [0.29, 0.717) is 16.8 Å². The molecule has 0 saturated heterocycles. The van der Waals surface area contributed by atoms with Crippen molar-refractivity contribution in [2.45, 2.75) is 40.7 Å². The molecule has 0 fully saturated rings. The third-order valence-corrected chi connectivity index (χ3v) is 4.91. The van der Waals surface area contributed by atoms with Gasteiger partial charge in [-0.25, -0.2) is 9.59 Å². The Morgan fingerprint density at radius 1 is 0.966 bits per heavy atom. The zero-order valence-electron chi connectivity index (χ0n) is 17.1. The van der Waals surface area contributed by atoms with Crippen LogP contribution in [0.4, 0.5) is 0 Å². The number of esters is 2. The summed E-state index contributed by atoms with van der Waals surface area (Å²) >= 11 is 0. The van der Waals surface area contributed by atoms with Gasteiger partial charge in [0.2, 0.25) is 5.78 Å². The van der Waals surface area contributed by atoms with Crippen LogP contribution in [-0.4, -0.2) is 40.4 Å². The van der Waals surface area contributed by atoms with E-state index < -0.39 is 18.0 Å². The minimum atomic E-state index is -0.986. The van der Waals surface area contributed by atoms with Crippen LogP contribution in [0, 0.1) is 20.8 Å². The topological polar surface area (TPSA) is 101 Å². The highest BCUT2D eigenvalue weighted by atomic mass is 16.5. The van der Waals surface area contributed by atoms with Crippen molar-refractivity contribution in [3.05, 3.63) is 58.0 Å². The summed E-state index contributed by atoms with van der Waals surface area (Å²) in [6, 6.07) is 7.48. The van der Waals surface area contributed by atoms with E-state index in [1.165, 1.54) is 0 Å². The van der Waals surface area contributed by atoms with Crippen LogP contribution in [0.2, 0.25) is 0 Å². The van der Waals surface area contributed by atoms with E-state index in [4.69, 9.17) is 9.47 Å². The number of aromatic nitrogens is 2. The summed E-state index contributed by atoms with van der Waals surface area (Å²) in [5.74, 6) is -1.49. The number of fused-ring (bicyclic) bond motifs is 1. The van der Waals surface area contributed by atoms with E-state index in [1.807, 2.05) is 31.2 Å². The van der Waals surface area contributed by atoms with Gasteiger partial charge < -0.3 is 19.4 Å². The van der Waals surface area contributed by atoms with Crippen LogP contribution in [0.3, 0.4) is 0 Å². The molecule has 2 heterocycles. The van der Waals surface area contributed by atoms with Gasteiger partial charge in [0.05, 0.1) is 12.2 Å². The molecular formula is C22H24N2O5. The maximum Gasteiger partial charge on any atom is 0.355 e. The number of carbonyl (C=O) groups excluding carboxylic acids is 3. The first-order valence-corrected chi connectivity index (χ1v) is 9.45. The molecule has 152 valence electrons. The number of para-hydroxylation sites is 1. The second kappa shape index (κ2) is 7.95. The first-order chi connectivity index (χ1) is 13.8. The first kappa shape index (κ1) is 20.4. The van der Waals surface area contributed by atoms with Crippen molar-refractivity contribution < 1.29 is 23.9 Å². The molecule has 1 aromatic carbocycles. The normalized spacial score (nSPS) is 12.0. The van der Waals surface area contributed by atoms with Gasteiger partial charge >= 0.3 is 11.9 Å². The van der Waals surface area contributed by atoms with Crippen LogP contribution in [0.15, 0.2) is 24.3 Å². The number of ether oxygens (including phenoxy) is 2. The third kappa shape index (κ3) is 3.68. The summed E-state index contributed by atoms with van der Waals surface area (Å²) in [5, 5.41) is 0.788. The Hall–Kier alpha value is -3.35. The molecule has 0 radical (unpaired) electrons. The number of rotatable bonds is 6. The van der Waals surface area contributed by atoms with Crippen LogP contribution in [-0.2, 0) is 9.47 Å². The Kier molecular flexibility index (Phi) is 5.59. The fraction of sp³-hybridized carbons (Fsp3) is 0.318. The Labute approximate surface area is 168 Å². The molecule has 7 nitrogen and oxygen atoms in total. The number of nitrogens with one attached hydrogen (secondary N) is 2. The maximum atomic E-state index is 13.0.